The number of carbonyl (C=O) groups is 1. The Morgan fingerprint density at radius 3 is 2.46 bits per heavy atom. The van der Waals surface area contributed by atoms with Crippen LogP contribution >= 0.6 is 0 Å². The predicted molar refractivity (Wildman–Crippen MR) is 109 cm³/mol. The van der Waals surface area contributed by atoms with Gasteiger partial charge < -0.3 is 14.5 Å². The number of ether oxygens (including phenoxy) is 1. The van der Waals surface area contributed by atoms with E-state index < -0.39 is 0 Å². The van der Waals surface area contributed by atoms with Crippen LogP contribution in [0.4, 0.5) is 5.69 Å². The molecule has 3 aromatic carbocycles. The highest BCUT2D eigenvalue weighted by molar-refractivity contribution is 5.92. The molecule has 1 heterocycles. The van der Waals surface area contributed by atoms with Gasteiger partial charge in [-0.15, -0.1) is 0 Å². The smallest absolute Gasteiger partial charge is 0.262 e. The van der Waals surface area contributed by atoms with Crippen LogP contribution in [0.1, 0.15) is 12.5 Å². The predicted octanol–water partition coefficient (Wildman–Crippen LogP) is 5.07. The van der Waals surface area contributed by atoms with Crippen molar-refractivity contribution in [2.75, 3.05) is 11.9 Å². The number of fused-ring (bicyclic) bond motifs is 1. The summed E-state index contributed by atoms with van der Waals surface area (Å²) in [7, 11) is 0. The largest absolute Gasteiger partial charge is 0.484 e. The van der Waals surface area contributed by atoms with Gasteiger partial charge in [0.05, 0.1) is 0 Å². The molecule has 0 fully saturated rings. The zero-order valence-corrected chi connectivity index (χ0v) is 15.5. The van der Waals surface area contributed by atoms with Crippen molar-refractivity contribution in [2.45, 2.75) is 13.3 Å². The normalized spacial score (nSPS) is 10.8. The summed E-state index contributed by atoms with van der Waals surface area (Å²) in [5, 5.41) is 2.83. The van der Waals surface area contributed by atoms with Gasteiger partial charge in [-0.05, 0) is 60.5 Å². The van der Waals surface area contributed by atoms with Crippen LogP contribution < -0.4 is 10.1 Å². The van der Waals surface area contributed by atoms with Gasteiger partial charge in [-0.2, -0.15) is 0 Å². The van der Waals surface area contributed by atoms with Gasteiger partial charge in [0.2, 0.25) is 5.89 Å². The Morgan fingerprint density at radius 1 is 1.00 bits per heavy atom. The van der Waals surface area contributed by atoms with Crippen molar-refractivity contribution < 1.29 is 13.9 Å². The van der Waals surface area contributed by atoms with E-state index in [1.165, 1.54) is 5.56 Å². The lowest BCUT2D eigenvalue weighted by molar-refractivity contribution is -0.118. The lowest BCUT2D eigenvalue weighted by atomic mass is 10.2. The van der Waals surface area contributed by atoms with Crippen LogP contribution in [0.3, 0.4) is 0 Å². The molecular formula is C23H20N2O3. The van der Waals surface area contributed by atoms with Gasteiger partial charge >= 0.3 is 0 Å². The van der Waals surface area contributed by atoms with Crippen LogP contribution in [0.25, 0.3) is 22.6 Å². The summed E-state index contributed by atoms with van der Waals surface area (Å²) in [6.07, 6.45) is 0.973. The molecular weight excluding hydrogens is 352 g/mol. The van der Waals surface area contributed by atoms with Crippen molar-refractivity contribution in [3.05, 3.63) is 78.4 Å². The highest BCUT2D eigenvalue weighted by Gasteiger charge is 2.09. The summed E-state index contributed by atoms with van der Waals surface area (Å²) in [6, 6.07) is 22.7. The third-order valence-corrected chi connectivity index (χ3v) is 4.41. The topological polar surface area (TPSA) is 64.4 Å². The zero-order chi connectivity index (χ0) is 19.3. The number of rotatable bonds is 6. The Bertz CT molecular complexity index is 1050. The first kappa shape index (κ1) is 17.8. The average molecular weight is 372 g/mol. The number of nitrogens with zero attached hydrogens (tertiary/aromatic N) is 1. The summed E-state index contributed by atoms with van der Waals surface area (Å²) in [5.41, 5.74) is 4.34. The van der Waals surface area contributed by atoms with Crippen LogP contribution in [0, 0.1) is 0 Å². The number of anilines is 1. The van der Waals surface area contributed by atoms with Gasteiger partial charge in [-0.3, -0.25) is 4.79 Å². The molecule has 4 rings (SSSR count). The summed E-state index contributed by atoms with van der Waals surface area (Å²) < 4.78 is 11.3. The molecule has 0 unspecified atom stereocenters. The molecule has 0 saturated carbocycles. The fraction of sp³-hybridized carbons (Fsp3) is 0.130. The number of carbonyl (C=O) groups excluding carboxylic acids is 1. The molecule has 28 heavy (non-hydrogen) atoms. The number of aryl methyl sites for hydroxylation is 1. The molecule has 1 aromatic heterocycles. The van der Waals surface area contributed by atoms with Crippen LogP contribution in [-0.2, 0) is 11.2 Å². The Balaban J connectivity index is 1.36. The first-order chi connectivity index (χ1) is 13.7. The summed E-state index contributed by atoms with van der Waals surface area (Å²) in [6.45, 7) is 2.05. The highest BCUT2D eigenvalue weighted by Crippen LogP contribution is 2.25. The van der Waals surface area contributed by atoms with E-state index in [2.05, 4.69) is 17.2 Å². The first-order valence-electron chi connectivity index (χ1n) is 9.19. The second-order valence-corrected chi connectivity index (χ2v) is 6.40. The minimum absolute atomic E-state index is 0.0433. The lowest BCUT2D eigenvalue weighted by Gasteiger charge is -2.08. The number of oxazole rings is 1. The van der Waals surface area contributed by atoms with E-state index in [-0.39, 0.29) is 12.5 Å². The highest BCUT2D eigenvalue weighted by atomic mass is 16.5. The maximum atomic E-state index is 12.1. The van der Waals surface area contributed by atoms with E-state index in [0.29, 0.717) is 17.3 Å². The van der Waals surface area contributed by atoms with E-state index in [1.807, 2.05) is 72.8 Å². The van der Waals surface area contributed by atoms with Gasteiger partial charge in [0.25, 0.3) is 5.91 Å². The van der Waals surface area contributed by atoms with Crippen LogP contribution in [0.5, 0.6) is 5.75 Å². The molecule has 0 atom stereocenters. The molecule has 0 spiro atoms. The van der Waals surface area contributed by atoms with E-state index in [1.54, 1.807) is 0 Å². The van der Waals surface area contributed by atoms with Gasteiger partial charge in [0.15, 0.2) is 12.2 Å². The van der Waals surface area contributed by atoms with Gasteiger partial charge in [-0.1, -0.05) is 31.2 Å². The van der Waals surface area contributed by atoms with Crippen molar-refractivity contribution >= 4 is 22.7 Å². The molecule has 4 aromatic rings. The van der Waals surface area contributed by atoms with Crippen molar-refractivity contribution in [3.63, 3.8) is 0 Å². The van der Waals surface area contributed by atoms with Crippen molar-refractivity contribution in [2.24, 2.45) is 0 Å². The van der Waals surface area contributed by atoms with E-state index in [9.17, 15) is 4.79 Å². The van der Waals surface area contributed by atoms with Crippen molar-refractivity contribution in [3.8, 4) is 17.2 Å². The first-order valence-corrected chi connectivity index (χ1v) is 9.19. The van der Waals surface area contributed by atoms with Crippen LogP contribution in [0.2, 0.25) is 0 Å². The number of hydrogen-bond donors (Lipinski definition) is 1. The molecule has 0 radical (unpaired) electrons. The summed E-state index contributed by atoms with van der Waals surface area (Å²) >= 11 is 0. The number of aromatic nitrogens is 1. The Kier molecular flexibility index (Phi) is 5.06. The summed E-state index contributed by atoms with van der Waals surface area (Å²) in [4.78, 5) is 16.6. The third-order valence-electron chi connectivity index (χ3n) is 4.41. The molecule has 1 N–H and O–H groups in total. The number of para-hydroxylation sites is 2. The molecule has 1 amide bonds. The molecule has 0 aliphatic rings. The van der Waals surface area contributed by atoms with Gasteiger partial charge in [0, 0.05) is 11.3 Å². The fourth-order valence-corrected chi connectivity index (χ4v) is 2.86. The van der Waals surface area contributed by atoms with Crippen molar-refractivity contribution in [1.29, 1.82) is 0 Å². The number of hydrogen-bond acceptors (Lipinski definition) is 4. The second-order valence-electron chi connectivity index (χ2n) is 6.40. The Hall–Kier alpha value is -3.60. The van der Waals surface area contributed by atoms with Crippen LogP contribution in [0.15, 0.2) is 77.2 Å². The maximum absolute atomic E-state index is 12.1. The van der Waals surface area contributed by atoms with Crippen LogP contribution in [-0.4, -0.2) is 17.5 Å². The zero-order valence-electron chi connectivity index (χ0n) is 15.5. The number of amides is 1. The standard InChI is InChI=1S/C23H20N2O3/c1-2-16-7-13-19(14-8-16)27-15-22(26)24-18-11-9-17(10-12-18)23-25-20-5-3-4-6-21(20)28-23/h3-14H,2,15H2,1H3,(H,24,26). The quantitative estimate of drug-likeness (QED) is 0.513. The van der Waals surface area contributed by atoms with Gasteiger partial charge in [0.1, 0.15) is 11.3 Å². The Morgan fingerprint density at radius 2 is 1.75 bits per heavy atom. The van der Waals surface area contributed by atoms with E-state index >= 15 is 0 Å². The third kappa shape index (κ3) is 4.04. The molecule has 140 valence electrons. The number of benzene rings is 3. The van der Waals surface area contributed by atoms with Crippen molar-refractivity contribution in [1.82, 2.24) is 4.98 Å². The van der Waals surface area contributed by atoms with E-state index in [0.717, 1.165) is 23.1 Å². The lowest BCUT2D eigenvalue weighted by Crippen LogP contribution is -2.20. The Labute approximate surface area is 163 Å². The SMILES string of the molecule is CCc1ccc(OCC(=O)Nc2ccc(-c3nc4ccccc4o3)cc2)cc1. The second kappa shape index (κ2) is 7.96. The average Bonchev–Trinajstić information content (AvgIpc) is 3.17. The molecule has 0 bridgehead atoms. The molecule has 0 aliphatic heterocycles. The monoisotopic (exact) mass is 372 g/mol. The number of nitrogens with one attached hydrogen (secondary N) is 1. The summed E-state index contributed by atoms with van der Waals surface area (Å²) in [5.74, 6) is 1.02. The molecule has 5 heteroatoms. The fourth-order valence-electron chi connectivity index (χ4n) is 2.86. The maximum Gasteiger partial charge on any atom is 0.262 e. The molecule has 0 saturated heterocycles. The van der Waals surface area contributed by atoms with Gasteiger partial charge in [-0.25, -0.2) is 4.98 Å². The minimum atomic E-state index is -0.214. The minimum Gasteiger partial charge on any atom is -0.484 e. The van der Waals surface area contributed by atoms with E-state index in [4.69, 9.17) is 9.15 Å². The molecule has 0 aliphatic carbocycles. The molecule has 5 nitrogen and oxygen atoms in total.